The van der Waals surface area contributed by atoms with Gasteiger partial charge in [0.25, 0.3) is 5.92 Å². The minimum atomic E-state index is -2.84. The number of aliphatic imine (C=N–C) groups is 2. The lowest BCUT2D eigenvalue weighted by Gasteiger charge is -2.16. The first-order valence-electron chi connectivity index (χ1n) is 12.4. The fourth-order valence-corrected chi connectivity index (χ4v) is 3.44. The summed E-state index contributed by atoms with van der Waals surface area (Å²) in [6.07, 6.45) is 0.904. The van der Waals surface area contributed by atoms with Gasteiger partial charge in [-0.3, -0.25) is 4.99 Å². The van der Waals surface area contributed by atoms with Crippen LogP contribution in [0.15, 0.2) is 52.4 Å². The molecule has 2 heterocycles. The maximum atomic E-state index is 13.3. The third kappa shape index (κ3) is 8.05. The number of nitrogens with one attached hydrogen (secondary N) is 1. The van der Waals surface area contributed by atoms with Crippen LogP contribution >= 0.6 is 0 Å². The number of rotatable bonds is 6. The van der Waals surface area contributed by atoms with Crippen LogP contribution in [0.4, 0.5) is 20.2 Å². The molecule has 4 rings (SSSR count). The van der Waals surface area contributed by atoms with Crippen LogP contribution in [0.5, 0.6) is 5.75 Å². The predicted octanol–water partition coefficient (Wildman–Crippen LogP) is 7.36. The van der Waals surface area contributed by atoms with Crippen molar-refractivity contribution >= 4 is 22.9 Å². The van der Waals surface area contributed by atoms with E-state index in [4.69, 9.17) is 4.74 Å². The Morgan fingerprint density at radius 1 is 1.11 bits per heavy atom. The first kappa shape index (κ1) is 28.3. The quantitative estimate of drug-likeness (QED) is 0.464. The summed E-state index contributed by atoms with van der Waals surface area (Å²) in [6.45, 7) is 14.5. The van der Waals surface area contributed by atoms with Crippen LogP contribution in [-0.4, -0.2) is 37.9 Å². The topological polar surface area (TPSA) is 49.2 Å². The molecule has 2 aliphatic rings. The van der Waals surface area contributed by atoms with Gasteiger partial charge < -0.3 is 15.0 Å². The summed E-state index contributed by atoms with van der Waals surface area (Å²) in [4.78, 5) is 11.4. The number of halogens is 2. The van der Waals surface area contributed by atoms with Crippen molar-refractivity contribution < 1.29 is 13.5 Å². The van der Waals surface area contributed by atoms with Gasteiger partial charge in [-0.05, 0) is 55.3 Å². The van der Waals surface area contributed by atoms with E-state index in [0.29, 0.717) is 25.3 Å². The highest BCUT2D eigenvalue weighted by atomic mass is 19.3. The zero-order valence-electron chi connectivity index (χ0n) is 22.3. The molecule has 5 nitrogen and oxygen atoms in total. The molecular formula is C28H40F2N4O. The average Bonchev–Trinajstić information content (AvgIpc) is 3.39. The van der Waals surface area contributed by atoms with Crippen LogP contribution in [0, 0.1) is 5.92 Å². The van der Waals surface area contributed by atoms with E-state index in [1.165, 1.54) is 17.8 Å². The summed E-state index contributed by atoms with van der Waals surface area (Å²) in [5.41, 5.74) is 4.19. The molecule has 0 spiro atoms. The monoisotopic (exact) mass is 486 g/mol. The van der Waals surface area contributed by atoms with Crippen LogP contribution in [-0.2, 0) is 5.92 Å². The number of benzene rings is 2. The molecule has 0 saturated heterocycles. The average molecular weight is 487 g/mol. The molecule has 0 saturated carbocycles. The Hall–Kier alpha value is -2.96. The van der Waals surface area contributed by atoms with Gasteiger partial charge in [0.15, 0.2) is 5.84 Å². The molecule has 1 atom stereocenters. The highest BCUT2D eigenvalue weighted by Crippen LogP contribution is 2.34. The smallest absolute Gasteiger partial charge is 0.270 e. The van der Waals surface area contributed by atoms with E-state index < -0.39 is 5.92 Å². The Kier molecular flexibility index (Phi) is 10.2. The molecule has 192 valence electrons. The highest BCUT2D eigenvalue weighted by Gasteiger charge is 2.24. The summed E-state index contributed by atoms with van der Waals surface area (Å²) in [7, 11) is 2.06. The van der Waals surface area contributed by atoms with Crippen molar-refractivity contribution in [1.29, 1.82) is 0 Å². The SMILES string of the molecule is CC.CC(C)C.CC1Nc2cc(C3=NCC(CCOc4ccc(C(C)(F)F)cc4)=N3)ccc2N1C. The van der Waals surface area contributed by atoms with Crippen molar-refractivity contribution in [3.8, 4) is 5.75 Å². The van der Waals surface area contributed by atoms with Gasteiger partial charge in [-0.15, -0.1) is 0 Å². The van der Waals surface area contributed by atoms with Crippen LogP contribution in [0.2, 0.25) is 0 Å². The fraction of sp³-hybridized carbons (Fsp3) is 0.500. The Balaban J connectivity index is 0.000000655. The van der Waals surface area contributed by atoms with Gasteiger partial charge in [-0.2, -0.15) is 0 Å². The van der Waals surface area contributed by atoms with E-state index in [2.05, 4.69) is 67.1 Å². The molecule has 0 radical (unpaired) electrons. The Morgan fingerprint density at radius 2 is 1.74 bits per heavy atom. The number of hydrogen-bond acceptors (Lipinski definition) is 5. The summed E-state index contributed by atoms with van der Waals surface area (Å²) < 4.78 is 32.2. The number of fused-ring (bicyclic) bond motifs is 1. The molecule has 35 heavy (non-hydrogen) atoms. The van der Waals surface area contributed by atoms with Crippen LogP contribution in [0.1, 0.15) is 66.0 Å². The van der Waals surface area contributed by atoms with Gasteiger partial charge in [0.1, 0.15) is 5.75 Å². The molecule has 0 bridgehead atoms. The maximum Gasteiger partial charge on any atom is 0.270 e. The molecule has 7 heteroatoms. The summed E-state index contributed by atoms with van der Waals surface area (Å²) in [5, 5.41) is 3.44. The Morgan fingerprint density at radius 3 is 2.34 bits per heavy atom. The number of amidine groups is 1. The molecule has 2 aromatic carbocycles. The molecule has 0 aromatic heterocycles. The zero-order chi connectivity index (χ0) is 26.2. The summed E-state index contributed by atoms with van der Waals surface area (Å²) >= 11 is 0. The first-order valence-corrected chi connectivity index (χ1v) is 12.4. The largest absolute Gasteiger partial charge is 0.493 e. The van der Waals surface area contributed by atoms with Crippen molar-refractivity contribution in [1.82, 2.24) is 0 Å². The molecule has 2 aliphatic heterocycles. The third-order valence-corrected chi connectivity index (χ3v) is 5.28. The first-order chi connectivity index (χ1) is 16.5. The van der Waals surface area contributed by atoms with E-state index in [-0.39, 0.29) is 11.7 Å². The van der Waals surface area contributed by atoms with Crippen molar-refractivity contribution in [2.45, 2.75) is 67.0 Å². The van der Waals surface area contributed by atoms with Gasteiger partial charge in [-0.1, -0.05) is 34.6 Å². The second-order valence-corrected chi connectivity index (χ2v) is 9.22. The highest BCUT2D eigenvalue weighted by molar-refractivity contribution is 6.12. The number of ether oxygens (including phenoxy) is 1. The molecular weight excluding hydrogens is 446 g/mol. The molecule has 1 unspecified atom stereocenters. The lowest BCUT2D eigenvalue weighted by atomic mass is 10.1. The van der Waals surface area contributed by atoms with E-state index >= 15 is 0 Å². The van der Waals surface area contributed by atoms with Crippen LogP contribution < -0.4 is 15.0 Å². The van der Waals surface area contributed by atoms with Gasteiger partial charge in [0.05, 0.1) is 30.7 Å². The lowest BCUT2D eigenvalue weighted by Crippen LogP contribution is -2.28. The van der Waals surface area contributed by atoms with Crippen LogP contribution in [0.25, 0.3) is 0 Å². The maximum absolute atomic E-state index is 13.3. The zero-order valence-corrected chi connectivity index (χ0v) is 22.3. The van der Waals surface area contributed by atoms with Crippen molar-refractivity contribution in [3.63, 3.8) is 0 Å². The van der Waals surface area contributed by atoms with E-state index in [0.717, 1.165) is 35.6 Å². The standard InChI is InChI=1S/C22H24F2N4O.C4H10.C2H6/c1-14-26-19-12-15(4-9-20(19)28(14)3)21-25-13-17(27-21)10-11-29-18-7-5-16(6-8-18)22(2,23)24;1-4(2)3;1-2/h4-9,12,14,26H,10-11,13H2,1-3H3;4H,1-3H3;1-2H3. The molecule has 0 amide bonds. The molecule has 0 fully saturated rings. The number of hydrogen-bond donors (Lipinski definition) is 1. The normalized spacial score (nSPS) is 16.3. The van der Waals surface area contributed by atoms with Gasteiger partial charge in [0.2, 0.25) is 0 Å². The van der Waals surface area contributed by atoms with Gasteiger partial charge >= 0.3 is 0 Å². The fourth-order valence-electron chi connectivity index (χ4n) is 3.44. The van der Waals surface area contributed by atoms with E-state index in [9.17, 15) is 8.78 Å². The number of alkyl halides is 2. The molecule has 1 N–H and O–H groups in total. The van der Waals surface area contributed by atoms with Crippen molar-refractivity contribution in [2.75, 3.05) is 30.4 Å². The predicted molar refractivity (Wildman–Crippen MR) is 145 cm³/mol. The van der Waals surface area contributed by atoms with Crippen molar-refractivity contribution in [3.05, 3.63) is 53.6 Å². The summed E-state index contributed by atoms with van der Waals surface area (Å²) in [6, 6.07) is 12.1. The molecule has 0 aliphatic carbocycles. The second kappa shape index (κ2) is 12.7. The lowest BCUT2D eigenvalue weighted by molar-refractivity contribution is 0.0174. The van der Waals surface area contributed by atoms with Gasteiger partial charge in [0, 0.05) is 37.2 Å². The minimum absolute atomic E-state index is 0.0208. The third-order valence-electron chi connectivity index (χ3n) is 5.28. The van der Waals surface area contributed by atoms with Crippen molar-refractivity contribution in [2.24, 2.45) is 15.9 Å². The van der Waals surface area contributed by atoms with Crippen LogP contribution in [0.3, 0.4) is 0 Å². The number of anilines is 2. The Labute approximate surface area is 209 Å². The molecule has 2 aromatic rings. The van der Waals surface area contributed by atoms with E-state index in [1.54, 1.807) is 12.1 Å². The second-order valence-electron chi connectivity index (χ2n) is 9.22. The van der Waals surface area contributed by atoms with E-state index in [1.807, 2.05) is 19.9 Å². The minimum Gasteiger partial charge on any atom is -0.493 e. The Bertz CT molecular complexity index is 1010. The summed E-state index contributed by atoms with van der Waals surface area (Å²) in [5.74, 6) is -0.701. The van der Waals surface area contributed by atoms with Gasteiger partial charge in [-0.25, -0.2) is 13.8 Å². The number of nitrogens with zero attached hydrogens (tertiary/aromatic N) is 3.